The van der Waals surface area contributed by atoms with Crippen LogP contribution in [0.4, 0.5) is 0 Å². The van der Waals surface area contributed by atoms with Gasteiger partial charge in [0.2, 0.25) is 10.0 Å². The van der Waals surface area contributed by atoms with Crippen LogP contribution >= 0.6 is 0 Å². The van der Waals surface area contributed by atoms with Crippen LogP contribution in [0.1, 0.15) is 18.9 Å². The van der Waals surface area contributed by atoms with Crippen LogP contribution in [-0.2, 0) is 10.0 Å². The minimum Gasteiger partial charge on any atom is -0.315 e. The second-order valence-corrected chi connectivity index (χ2v) is 7.28. The molecule has 0 saturated carbocycles. The molecule has 1 aromatic carbocycles. The average molecular weight is 282 g/mol. The number of hydrogen-bond acceptors (Lipinski definition) is 3. The minimum absolute atomic E-state index is 0.231. The van der Waals surface area contributed by atoms with Gasteiger partial charge < -0.3 is 5.32 Å². The number of aryl methyl sites for hydroxylation is 1. The average Bonchev–Trinajstić information content (AvgIpc) is 2.39. The molecule has 0 spiro atoms. The lowest BCUT2D eigenvalue weighted by Crippen LogP contribution is -2.50. The van der Waals surface area contributed by atoms with Crippen LogP contribution in [0.3, 0.4) is 0 Å². The van der Waals surface area contributed by atoms with Gasteiger partial charge >= 0.3 is 0 Å². The molecule has 0 unspecified atom stereocenters. The quantitative estimate of drug-likeness (QED) is 0.916. The van der Waals surface area contributed by atoms with Crippen molar-refractivity contribution in [2.45, 2.75) is 31.2 Å². The molecule has 106 valence electrons. The highest BCUT2D eigenvalue weighted by molar-refractivity contribution is 7.89. The molecule has 1 aliphatic heterocycles. The lowest BCUT2D eigenvalue weighted by Gasteiger charge is -2.36. The Kier molecular flexibility index (Phi) is 4.28. The van der Waals surface area contributed by atoms with E-state index in [1.165, 1.54) is 0 Å². The summed E-state index contributed by atoms with van der Waals surface area (Å²) in [5.41, 5.74) is 1.07. The number of likely N-dealkylation sites (N-methyl/N-ethyl adjacent to an activating group) is 1. The molecule has 0 radical (unpaired) electrons. The predicted octanol–water partition coefficient (Wildman–Crippen LogP) is 1.61. The van der Waals surface area contributed by atoms with Crippen molar-refractivity contribution in [2.75, 3.05) is 20.1 Å². The standard InChI is InChI=1S/C14H22N2O2S/c1-11-4-6-13(7-5-11)19(17,18)16-9-8-12(2)14(10-16)15-3/h4-7,12,14-15H,8-10H2,1-3H3/t12-,14+/m1/s1. The topological polar surface area (TPSA) is 49.4 Å². The molecule has 1 aliphatic rings. The van der Waals surface area contributed by atoms with Gasteiger partial charge in [-0.25, -0.2) is 8.42 Å². The lowest BCUT2D eigenvalue weighted by atomic mass is 9.95. The molecule has 2 rings (SSSR count). The third-order valence-corrected chi connectivity index (χ3v) is 5.83. The maximum absolute atomic E-state index is 12.6. The summed E-state index contributed by atoms with van der Waals surface area (Å²) < 4.78 is 26.7. The Balaban J connectivity index is 2.23. The van der Waals surface area contributed by atoms with Crippen LogP contribution in [-0.4, -0.2) is 38.9 Å². The Morgan fingerprint density at radius 1 is 1.26 bits per heavy atom. The summed E-state index contributed by atoms with van der Waals surface area (Å²) in [4.78, 5) is 0.391. The van der Waals surface area contributed by atoms with Gasteiger partial charge in [0.1, 0.15) is 0 Å². The summed E-state index contributed by atoms with van der Waals surface area (Å²) in [6.45, 7) is 5.27. The summed E-state index contributed by atoms with van der Waals surface area (Å²) >= 11 is 0. The number of rotatable bonds is 3. The maximum Gasteiger partial charge on any atom is 0.243 e. The molecule has 1 fully saturated rings. The molecule has 2 atom stereocenters. The Hall–Kier alpha value is -0.910. The summed E-state index contributed by atoms with van der Waals surface area (Å²) in [6, 6.07) is 7.30. The molecule has 0 bridgehead atoms. The molecule has 1 aromatic rings. The van der Waals surface area contributed by atoms with Gasteiger partial charge in [0, 0.05) is 19.1 Å². The zero-order valence-corrected chi connectivity index (χ0v) is 12.6. The highest BCUT2D eigenvalue weighted by atomic mass is 32.2. The van der Waals surface area contributed by atoms with Gasteiger partial charge in [-0.1, -0.05) is 24.6 Å². The molecule has 0 amide bonds. The second kappa shape index (κ2) is 5.61. The van der Waals surface area contributed by atoms with Crippen LogP contribution in [0, 0.1) is 12.8 Å². The molecule has 4 nitrogen and oxygen atoms in total. The van der Waals surface area contributed by atoms with Gasteiger partial charge in [0.25, 0.3) is 0 Å². The smallest absolute Gasteiger partial charge is 0.243 e. The Labute approximate surface area is 115 Å². The van der Waals surface area contributed by atoms with Crippen molar-refractivity contribution in [1.82, 2.24) is 9.62 Å². The number of nitrogens with one attached hydrogen (secondary N) is 1. The van der Waals surface area contributed by atoms with Gasteiger partial charge in [-0.3, -0.25) is 0 Å². The number of benzene rings is 1. The predicted molar refractivity (Wildman–Crippen MR) is 76.6 cm³/mol. The van der Waals surface area contributed by atoms with E-state index in [4.69, 9.17) is 0 Å². The van der Waals surface area contributed by atoms with E-state index in [1.807, 2.05) is 26.1 Å². The van der Waals surface area contributed by atoms with Crippen LogP contribution < -0.4 is 5.32 Å². The van der Waals surface area contributed by atoms with E-state index < -0.39 is 10.0 Å². The van der Waals surface area contributed by atoms with Crippen molar-refractivity contribution in [3.8, 4) is 0 Å². The van der Waals surface area contributed by atoms with Gasteiger partial charge in [-0.05, 0) is 38.4 Å². The van der Waals surface area contributed by atoms with Gasteiger partial charge in [-0.15, -0.1) is 0 Å². The van der Waals surface area contributed by atoms with Crippen molar-refractivity contribution in [1.29, 1.82) is 0 Å². The SMILES string of the molecule is CN[C@H]1CN(S(=O)(=O)c2ccc(C)cc2)CC[C@H]1C. The molecule has 1 N–H and O–H groups in total. The fraction of sp³-hybridized carbons (Fsp3) is 0.571. The zero-order valence-electron chi connectivity index (χ0n) is 11.8. The Morgan fingerprint density at radius 2 is 1.89 bits per heavy atom. The Morgan fingerprint density at radius 3 is 2.47 bits per heavy atom. The molecule has 1 saturated heterocycles. The van der Waals surface area contributed by atoms with E-state index in [-0.39, 0.29) is 6.04 Å². The monoisotopic (exact) mass is 282 g/mol. The van der Waals surface area contributed by atoms with E-state index in [9.17, 15) is 8.42 Å². The highest BCUT2D eigenvalue weighted by Crippen LogP contribution is 2.23. The minimum atomic E-state index is -3.35. The molecule has 19 heavy (non-hydrogen) atoms. The number of hydrogen-bond donors (Lipinski definition) is 1. The van der Waals surface area contributed by atoms with Gasteiger partial charge in [0.15, 0.2) is 0 Å². The molecule has 1 heterocycles. The van der Waals surface area contributed by atoms with Crippen LogP contribution in [0.15, 0.2) is 29.2 Å². The van der Waals surface area contributed by atoms with E-state index >= 15 is 0 Å². The fourth-order valence-electron chi connectivity index (χ4n) is 2.49. The third kappa shape index (κ3) is 2.99. The number of sulfonamides is 1. The van der Waals surface area contributed by atoms with Crippen molar-refractivity contribution in [2.24, 2.45) is 5.92 Å². The van der Waals surface area contributed by atoms with Crippen molar-refractivity contribution >= 4 is 10.0 Å². The number of piperidine rings is 1. The summed E-state index contributed by atoms with van der Waals surface area (Å²) in [7, 11) is -1.46. The van der Waals surface area contributed by atoms with E-state index in [1.54, 1.807) is 16.4 Å². The summed E-state index contributed by atoms with van der Waals surface area (Å²) in [6.07, 6.45) is 0.899. The fourth-order valence-corrected chi connectivity index (χ4v) is 3.97. The van der Waals surface area contributed by atoms with E-state index in [0.717, 1.165) is 12.0 Å². The van der Waals surface area contributed by atoms with Crippen LogP contribution in [0.5, 0.6) is 0 Å². The summed E-state index contributed by atoms with van der Waals surface area (Å²) in [5, 5.41) is 3.21. The second-order valence-electron chi connectivity index (χ2n) is 5.34. The van der Waals surface area contributed by atoms with E-state index in [0.29, 0.717) is 23.9 Å². The first-order valence-corrected chi connectivity index (χ1v) is 8.13. The first-order chi connectivity index (χ1) is 8.95. The highest BCUT2D eigenvalue weighted by Gasteiger charge is 2.32. The van der Waals surface area contributed by atoms with E-state index in [2.05, 4.69) is 12.2 Å². The Bertz CT molecular complexity index is 525. The molecule has 0 aliphatic carbocycles. The zero-order chi connectivity index (χ0) is 14.0. The number of nitrogens with zero attached hydrogens (tertiary/aromatic N) is 1. The van der Waals surface area contributed by atoms with Crippen LogP contribution in [0.2, 0.25) is 0 Å². The lowest BCUT2D eigenvalue weighted by molar-refractivity contribution is 0.229. The van der Waals surface area contributed by atoms with Crippen molar-refractivity contribution < 1.29 is 8.42 Å². The molecular weight excluding hydrogens is 260 g/mol. The maximum atomic E-state index is 12.6. The van der Waals surface area contributed by atoms with Gasteiger partial charge in [0.05, 0.1) is 4.90 Å². The first-order valence-electron chi connectivity index (χ1n) is 6.69. The van der Waals surface area contributed by atoms with Gasteiger partial charge in [-0.2, -0.15) is 4.31 Å². The molecular formula is C14H22N2O2S. The van der Waals surface area contributed by atoms with Crippen molar-refractivity contribution in [3.05, 3.63) is 29.8 Å². The normalized spacial score (nSPS) is 25.4. The summed E-state index contributed by atoms with van der Waals surface area (Å²) in [5.74, 6) is 0.509. The third-order valence-electron chi connectivity index (χ3n) is 3.95. The molecule has 0 aromatic heterocycles. The first kappa shape index (κ1) is 14.5. The van der Waals surface area contributed by atoms with Crippen molar-refractivity contribution in [3.63, 3.8) is 0 Å². The largest absolute Gasteiger partial charge is 0.315 e. The molecule has 5 heteroatoms. The van der Waals surface area contributed by atoms with Crippen LogP contribution in [0.25, 0.3) is 0 Å².